The molecule has 1 N–H and O–H groups in total. The van der Waals surface area contributed by atoms with Crippen molar-refractivity contribution < 1.29 is 9.53 Å². The minimum absolute atomic E-state index is 0.0460. The van der Waals surface area contributed by atoms with Gasteiger partial charge in [0.2, 0.25) is 0 Å². The van der Waals surface area contributed by atoms with Crippen LogP contribution in [-0.2, 0) is 0 Å². The molecule has 4 heteroatoms. The summed E-state index contributed by atoms with van der Waals surface area (Å²) in [6.07, 6.45) is 2.47. The summed E-state index contributed by atoms with van der Waals surface area (Å²) in [7, 11) is 0. The molecule has 0 bridgehead atoms. The third-order valence-corrected chi connectivity index (χ3v) is 4.55. The van der Waals surface area contributed by atoms with E-state index in [4.69, 9.17) is 4.74 Å². The molecule has 1 aromatic carbocycles. The lowest BCUT2D eigenvalue weighted by atomic mass is 9.96. The maximum absolute atomic E-state index is 12.7. The first-order chi connectivity index (χ1) is 10.1. The van der Waals surface area contributed by atoms with E-state index in [1.807, 2.05) is 25.1 Å². The third kappa shape index (κ3) is 3.05. The Morgan fingerprint density at radius 1 is 1.48 bits per heavy atom. The second-order valence-corrected chi connectivity index (χ2v) is 6.27. The fourth-order valence-electron chi connectivity index (χ4n) is 3.28. The molecular weight excluding hydrogens is 264 g/mol. The number of Topliss-reactive ketones (excluding diaryl/α,β-unsaturated/α-hetero) is 1. The molecule has 0 aromatic heterocycles. The number of anilines is 1. The molecule has 2 aliphatic heterocycles. The van der Waals surface area contributed by atoms with Crippen molar-refractivity contribution in [1.29, 1.82) is 0 Å². The Balaban J connectivity index is 1.75. The van der Waals surface area contributed by atoms with Crippen molar-refractivity contribution in [3.05, 3.63) is 23.8 Å². The number of piperidine rings is 1. The summed E-state index contributed by atoms with van der Waals surface area (Å²) < 4.78 is 5.56. The van der Waals surface area contributed by atoms with Crippen molar-refractivity contribution >= 4 is 11.5 Å². The van der Waals surface area contributed by atoms with E-state index in [2.05, 4.69) is 17.1 Å². The van der Waals surface area contributed by atoms with Gasteiger partial charge in [-0.05, 0) is 50.4 Å². The van der Waals surface area contributed by atoms with Crippen LogP contribution in [0, 0.1) is 5.92 Å². The average Bonchev–Trinajstić information content (AvgIpc) is 2.53. The summed E-state index contributed by atoms with van der Waals surface area (Å²) in [4.78, 5) is 15.0. The van der Waals surface area contributed by atoms with Crippen LogP contribution in [0.15, 0.2) is 18.2 Å². The number of benzene rings is 1. The minimum atomic E-state index is -0.0460. The van der Waals surface area contributed by atoms with E-state index in [9.17, 15) is 4.79 Å². The largest absolute Gasteiger partial charge is 0.490 e. The first kappa shape index (κ1) is 14.4. The van der Waals surface area contributed by atoms with Gasteiger partial charge in [-0.25, -0.2) is 0 Å². The van der Waals surface area contributed by atoms with Crippen molar-refractivity contribution in [2.24, 2.45) is 5.92 Å². The summed E-state index contributed by atoms with van der Waals surface area (Å²) in [6, 6.07) is 5.68. The minimum Gasteiger partial charge on any atom is -0.490 e. The van der Waals surface area contributed by atoms with Crippen LogP contribution in [0.1, 0.15) is 37.0 Å². The van der Waals surface area contributed by atoms with Crippen LogP contribution in [0.3, 0.4) is 0 Å². The highest BCUT2D eigenvalue weighted by atomic mass is 16.5. The summed E-state index contributed by atoms with van der Waals surface area (Å²) >= 11 is 0. The van der Waals surface area contributed by atoms with Crippen LogP contribution in [0.2, 0.25) is 0 Å². The fraction of sp³-hybridized carbons (Fsp3) is 0.588. The SMILES string of the molecule is CC1CCCN(C(C)C(=O)c2ccc3c(c2)NCCO3)C1. The molecule has 2 aliphatic rings. The number of fused-ring (bicyclic) bond motifs is 1. The molecule has 2 heterocycles. The Labute approximate surface area is 126 Å². The van der Waals surface area contributed by atoms with E-state index in [-0.39, 0.29) is 11.8 Å². The molecule has 1 fully saturated rings. The van der Waals surface area contributed by atoms with Gasteiger partial charge in [-0.2, -0.15) is 0 Å². The molecule has 2 unspecified atom stereocenters. The van der Waals surface area contributed by atoms with Crippen molar-refractivity contribution in [2.45, 2.75) is 32.7 Å². The van der Waals surface area contributed by atoms with E-state index in [0.29, 0.717) is 12.5 Å². The van der Waals surface area contributed by atoms with E-state index < -0.39 is 0 Å². The second-order valence-electron chi connectivity index (χ2n) is 6.27. The van der Waals surface area contributed by atoms with E-state index in [1.54, 1.807) is 0 Å². The van der Waals surface area contributed by atoms with Gasteiger partial charge < -0.3 is 10.1 Å². The molecule has 1 saturated heterocycles. The standard InChI is InChI=1S/C17H24N2O2/c1-12-4-3-8-19(11-12)13(2)17(20)14-5-6-16-15(10-14)18-7-9-21-16/h5-6,10,12-13,18H,3-4,7-9,11H2,1-2H3. The van der Waals surface area contributed by atoms with Gasteiger partial charge in [0.25, 0.3) is 0 Å². The van der Waals surface area contributed by atoms with Crippen LogP contribution in [0.4, 0.5) is 5.69 Å². The van der Waals surface area contributed by atoms with Gasteiger partial charge in [0.1, 0.15) is 12.4 Å². The maximum Gasteiger partial charge on any atom is 0.179 e. The van der Waals surface area contributed by atoms with Gasteiger partial charge in [-0.15, -0.1) is 0 Å². The number of hydrogen-bond donors (Lipinski definition) is 1. The van der Waals surface area contributed by atoms with Crippen molar-refractivity contribution in [2.75, 3.05) is 31.6 Å². The zero-order valence-electron chi connectivity index (χ0n) is 12.9. The molecule has 0 aliphatic carbocycles. The molecule has 2 atom stereocenters. The molecule has 21 heavy (non-hydrogen) atoms. The van der Waals surface area contributed by atoms with E-state index in [1.165, 1.54) is 12.8 Å². The summed E-state index contributed by atoms with van der Waals surface area (Å²) in [5.41, 5.74) is 1.71. The topological polar surface area (TPSA) is 41.6 Å². The third-order valence-electron chi connectivity index (χ3n) is 4.55. The Hall–Kier alpha value is -1.55. The molecule has 0 amide bonds. The zero-order valence-corrected chi connectivity index (χ0v) is 12.9. The molecule has 1 aromatic rings. The Morgan fingerprint density at radius 3 is 3.14 bits per heavy atom. The first-order valence-electron chi connectivity index (χ1n) is 7.94. The van der Waals surface area contributed by atoms with Crippen molar-refractivity contribution in [1.82, 2.24) is 4.90 Å². The number of ether oxygens (including phenoxy) is 1. The molecule has 4 nitrogen and oxygen atoms in total. The number of carbonyl (C=O) groups excluding carboxylic acids is 1. The summed E-state index contributed by atoms with van der Waals surface area (Å²) in [5.74, 6) is 1.74. The number of hydrogen-bond acceptors (Lipinski definition) is 4. The van der Waals surface area contributed by atoms with Crippen molar-refractivity contribution in [3.8, 4) is 5.75 Å². The predicted molar refractivity (Wildman–Crippen MR) is 84.2 cm³/mol. The lowest BCUT2D eigenvalue weighted by molar-refractivity contribution is 0.0765. The van der Waals surface area contributed by atoms with Crippen LogP contribution in [-0.4, -0.2) is 43.0 Å². The first-order valence-corrected chi connectivity index (χ1v) is 7.94. The van der Waals surface area contributed by atoms with Crippen LogP contribution in [0.25, 0.3) is 0 Å². The van der Waals surface area contributed by atoms with Gasteiger partial charge in [-0.1, -0.05) is 6.92 Å². The molecule has 3 rings (SSSR count). The van der Waals surface area contributed by atoms with Gasteiger partial charge >= 0.3 is 0 Å². The highest BCUT2D eigenvalue weighted by Gasteiger charge is 2.27. The Bertz CT molecular complexity index is 530. The lowest BCUT2D eigenvalue weighted by Crippen LogP contribution is -2.44. The number of rotatable bonds is 3. The van der Waals surface area contributed by atoms with Crippen molar-refractivity contribution in [3.63, 3.8) is 0 Å². The highest BCUT2D eigenvalue weighted by Crippen LogP contribution is 2.29. The normalized spacial score (nSPS) is 23.6. The molecular formula is C17H24N2O2. The van der Waals surface area contributed by atoms with Crippen LogP contribution in [0.5, 0.6) is 5.75 Å². The number of likely N-dealkylation sites (tertiary alicyclic amines) is 1. The van der Waals surface area contributed by atoms with Gasteiger partial charge in [0.05, 0.1) is 11.7 Å². The molecule has 0 radical (unpaired) electrons. The number of nitrogens with one attached hydrogen (secondary N) is 1. The monoisotopic (exact) mass is 288 g/mol. The fourth-order valence-corrected chi connectivity index (χ4v) is 3.28. The van der Waals surface area contributed by atoms with E-state index in [0.717, 1.165) is 36.6 Å². The maximum atomic E-state index is 12.7. The van der Waals surface area contributed by atoms with E-state index >= 15 is 0 Å². The number of carbonyl (C=O) groups is 1. The summed E-state index contributed by atoms with van der Waals surface area (Å²) in [5, 5.41) is 3.29. The number of ketones is 1. The predicted octanol–water partition coefficient (Wildman–Crippen LogP) is 2.79. The Kier molecular flexibility index (Phi) is 4.15. The summed E-state index contributed by atoms with van der Waals surface area (Å²) in [6.45, 7) is 7.84. The van der Waals surface area contributed by atoms with Crippen LogP contribution < -0.4 is 10.1 Å². The molecule has 0 spiro atoms. The highest BCUT2D eigenvalue weighted by molar-refractivity contribution is 6.01. The average molecular weight is 288 g/mol. The second kappa shape index (κ2) is 6.06. The van der Waals surface area contributed by atoms with Gasteiger partial charge in [0.15, 0.2) is 5.78 Å². The molecule has 0 saturated carbocycles. The zero-order chi connectivity index (χ0) is 14.8. The van der Waals surface area contributed by atoms with Gasteiger partial charge in [0, 0.05) is 18.7 Å². The van der Waals surface area contributed by atoms with Crippen LogP contribution >= 0.6 is 0 Å². The Morgan fingerprint density at radius 2 is 2.33 bits per heavy atom. The quantitative estimate of drug-likeness (QED) is 0.868. The molecule has 114 valence electrons. The number of nitrogens with zero attached hydrogens (tertiary/aromatic N) is 1. The van der Waals surface area contributed by atoms with Gasteiger partial charge in [-0.3, -0.25) is 9.69 Å². The smallest absolute Gasteiger partial charge is 0.179 e. The lowest BCUT2D eigenvalue weighted by Gasteiger charge is -2.34.